The summed E-state index contributed by atoms with van der Waals surface area (Å²) in [5, 5.41) is 14.0. The number of hydrogen-bond donors (Lipinski definition) is 2. The number of hydrogen-bond acceptors (Lipinski definition) is 3. The molecular formula is C14H19Cl2NO2. The number of halogens is 2. The van der Waals surface area contributed by atoms with Crippen molar-refractivity contribution in [2.24, 2.45) is 0 Å². The third kappa shape index (κ3) is 4.25. The highest BCUT2D eigenvalue weighted by Gasteiger charge is 2.22. The molecule has 0 spiro atoms. The Balaban J connectivity index is 2.17. The molecule has 106 valence electrons. The standard InChI is InChI=1S/C14H19Cl2NO2/c1-8(18)9(2)19-14-10(7-17-12-3-4-12)5-11(15)6-13(14)16/h5-6,8-9,12,17-18H,3-4,7H2,1-2H3. The molecule has 0 bridgehead atoms. The molecule has 0 amide bonds. The predicted octanol–water partition coefficient (Wildman–Crippen LogP) is 3.39. The molecule has 3 nitrogen and oxygen atoms in total. The van der Waals surface area contributed by atoms with Gasteiger partial charge < -0.3 is 15.2 Å². The third-order valence-electron chi connectivity index (χ3n) is 3.23. The smallest absolute Gasteiger partial charge is 0.143 e. The Kier molecular flexibility index (Phi) is 4.96. The zero-order valence-electron chi connectivity index (χ0n) is 11.1. The van der Waals surface area contributed by atoms with Crippen LogP contribution >= 0.6 is 23.2 Å². The van der Waals surface area contributed by atoms with Gasteiger partial charge in [-0.25, -0.2) is 0 Å². The lowest BCUT2D eigenvalue weighted by molar-refractivity contribution is 0.0598. The van der Waals surface area contributed by atoms with Crippen molar-refractivity contribution in [2.45, 2.75) is 51.5 Å². The van der Waals surface area contributed by atoms with Crippen LogP contribution in [0.5, 0.6) is 5.75 Å². The number of benzene rings is 1. The number of ether oxygens (including phenoxy) is 1. The Morgan fingerprint density at radius 2 is 2.05 bits per heavy atom. The highest BCUT2D eigenvalue weighted by molar-refractivity contribution is 6.35. The van der Waals surface area contributed by atoms with Crippen LogP contribution in [-0.2, 0) is 6.54 Å². The van der Waals surface area contributed by atoms with Gasteiger partial charge in [0.25, 0.3) is 0 Å². The highest BCUT2D eigenvalue weighted by atomic mass is 35.5. The van der Waals surface area contributed by atoms with Crippen LogP contribution in [0.3, 0.4) is 0 Å². The first kappa shape index (κ1) is 14.9. The number of aliphatic hydroxyl groups excluding tert-OH is 1. The van der Waals surface area contributed by atoms with Crippen LogP contribution in [-0.4, -0.2) is 23.4 Å². The summed E-state index contributed by atoms with van der Waals surface area (Å²) in [4.78, 5) is 0. The summed E-state index contributed by atoms with van der Waals surface area (Å²) in [6.45, 7) is 4.18. The molecular weight excluding hydrogens is 285 g/mol. The van der Waals surface area contributed by atoms with Gasteiger partial charge in [-0.1, -0.05) is 23.2 Å². The fourth-order valence-electron chi connectivity index (χ4n) is 1.70. The summed E-state index contributed by atoms with van der Waals surface area (Å²) in [6, 6.07) is 4.11. The first-order chi connectivity index (χ1) is 8.97. The Labute approximate surface area is 123 Å². The van der Waals surface area contributed by atoms with E-state index in [4.69, 9.17) is 27.9 Å². The molecule has 0 saturated heterocycles. The normalized spacial score (nSPS) is 18.2. The SMILES string of the molecule is CC(O)C(C)Oc1c(Cl)cc(Cl)cc1CNC1CC1. The topological polar surface area (TPSA) is 41.5 Å². The molecule has 0 radical (unpaired) electrons. The Morgan fingerprint density at radius 3 is 2.63 bits per heavy atom. The average Bonchev–Trinajstić information content (AvgIpc) is 3.13. The molecule has 1 saturated carbocycles. The quantitative estimate of drug-likeness (QED) is 0.846. The van der Waals surface area contributed by atoms with Crippen molar-refractivity contribution in [3.63, 3.8) is 0 Å². The van der Waals surface area contributed by atoms with E-state index in [0.29, 0.717) is 28.4 Å². The fraction of sp³-hybridized carbons (Fsp3) is 0.571. The lowest BCUT2D eigenvalue weighted by Gasteiger charge is -2.21. The van der Waals surface area contributed by atoms with Crippen LogP contribution in [0.1, 0.15) is 32.3 Å². The van der Waals surface area contributed by atoms with E-state index in [9.17, 15) is 5.11 Å². The number of aliphatic hydroxyl groups is 1. The number of nitrogens with one attached hydrogen (secondary N) is 1. The minimum absolute atomic E-state index is 0.321. The van der Waals surface area contributed by atoms with Crippen LogP contribution in [0, 0.1) is 0 Å². The van der Waals surface area contributed by atoms with Crippen molar-refractivity contribution in [3.05, 3.63) is 27.7 Å². The first-order valence-corrected chi connectivity index (χ1v) is 7.29. The zero-order chi connectivity index (χ0) is 14.0. The van der Waals surface area contributed by atoms with Gasteiger partial charge in [0, 0.05) is 23.2 Å². The Hall–Kier alpha value is -0.480. The van der Waals surface area contributed by atoms with Gasteiger partial charge in [0.1, 0.15) is 11.9 Å². The third-order valence-corrected chi connectivity index (χ3v) is 3.73. The van der Waals surface area contributed by atoms with Crippen molar-refractivity contribution in [1.82, 2.24) is 5.32 Å². The summed E-state index contributed by atoms with van der Waals surface area (Å²) in [5.74, 6) is 0.604. The van der Waals surface area contributed by atoms with Gasteiger partial charge in [0.2, 0.25) is 0 Å². The van der Waals surface area contributed by atoms with E-state index in [1.807, 2.05) is 13.0 Å². The van der Waals surface area contributed by atoms with Gasteiger partial charge in [-0.05, 0) is 38.8 Å². The van der Waals surface area contributed by atoms with Gasteiger partial charge in [-0.2, -0.15) is 0 Å². The van der Waals surface area contributed by atoms with Crippen LogP contribution in [0.2, 0.25) is 10.0 Å². The summed E-state index contributed by atoms with van der Waals surface area (Å²) in [6.07, 6.45) is 1.55. The number of rotatable bonds is 6. The Morgan fingerprint density at radius 1 is 1.37 bits per heavy atom. The van der Waals surface area contributed by atoms with Gasteiger partial charge in [0.15, 0.2) is 0 Å². The first-order valence-electron chi connectivity index (χ1n) is 6.53. The van der Waals surface area contributed by atoms with E-state index in [1.165, 1.54) is 12.8 Å². The van der Waals surface area contributed by atoms with E-state index in [-0.39, 0.29) is 6.10 Å². The molecule has 2 unspecified atom stereocenters. The van der Waals surface area contributed by atoms with Crippen LogP contribution in [0.4, 0.5) is 0 Å². The van der Waals surface area contributed by atoms with Crippen molar-refractivity contribution in [2.75, 3.05) is 0 Å². The second-order valence-corrected chi connectivity index (χ2v) is 5.94. The van der Waals surface area contributed by atoms with Crippen molar-refractivity contribution in [1.29, 1.82) is 0 Å². The summed E-state index contributed by atoms with van der Waals surface area (Å²) >= 11 is 12.2. The second-order valence-electron chi connectivity index (χ2n) is 5.09. The molecule has 1 fully saturated rings. The van der Waals surface area contributed by atoms with Crippen molar-refractivity contribution < 1.29 is 9.84 Å². The van der Waals surface area contributed by atoms with Gasteiger partial charge in [0.05, 0.1) is 11.1 Å². The largest absolute Gasteiger partial charge is 0.486 e. The summed E-state index contributed by atoms with van der Waals surface area (Å²) in [5.41, 5.74) is 0.928. The molecule has 0 aliphatic heterocycles. The van der Waals surface area contributed by atoms with Crippen molar-refractivity contribution in [3.8, 4) is 5.75 Å². The molecule has 0 heterocycles. The van der Waals surface area contributed by atoms with Crippen LogP contribution in [0.15, 0.2) is 12.1 Å². The summed E-state index contributed by atoms with van der Waals surface area (Å²) < 4.78 is 5.76. The molecule has 1 aromatic carbocycles. The van der Waals surface area contributed by atoms with Gasteiger partial charge in [-0.3, -0.25) is 0 Å². The van der Waals surface area contributed by atoms with E-state index in [0.717, 1.165) is 5.56 Å². The minimum Gasteiger partial charge on any atom is -0.486 e. The van der Waals surface area contributed by atoms with Gasteiger partial charge in [-0.15, -0.1) is 0 Å². The maximum atomic E-state index is 9.54. The molecule has 0 aromatic heterocycles. The molecule has 1 aliphatic carbocycles. The zero-order valence-corrected chi connectivity index (χ0v) is 12.6. The monoisotopic (exact) mass is 303 g/mol. The predicted molar refractivity (Wildman–Crippen MR) is 78.1 cm³/mol. The lowest BCUT2D eigenvalue weighted by atomic mass is 10.2. The molecule has 2 atom stereocenters. The van der Waals surface area contributed by atoms with Crippen LogP contribution < -0.4 is 10.1 Å². The fourth-order valence-corrected chi connectivity index (χ4v) is 2.28. The molecule has 1 aliphatic rings. The van der Waals surface area contributed by atoms with Crippen LogP contribution in [0.25, 0.3) is 0 Å². The minimum atomic E-state index is -0.559. The van der Waals surface area contributed by atoms with E-state index in [2.05, 4.69) is 5.32 Å². The van der Waals surface area contributed by atoms with E-state index in [1.54, 1.807) is 13.0 Å². The Bertz CT molecular complexity index is 447. The highest BCUT2D eigenvalue weighted by Crippen LogP contribution is 2.34. The molecule has 1 aromatic rings. The van der Waals surface area contributed by atoms with E-state index < -0.39 is 6.10 Å². The molecule has 19 heavy (non-hydrogen) atoms. The van der Waals surface area contributed by atoms with Gasteiger partial charge >= 0.3 is 0 Å². The maximum Gasteiger partial charge on any atom is 0.143 e. The molecule has 2 N–H and O–H groups in total. The molecule has 5 heteroatoms. The second kappa shape index (κ2) is 6.31. The average molecular weight is 304 g/mol. The summed E-state index contributed by atoms with van der Waals surface area (Å²) in [7, 11) is 0. The maximum absolute atomic E-state index is 9.54. The van der Waals surface area contributed by atoms with E-state index >= 15 is 0 Å². The molecule has 2 rings (SSSR count). The lowest BCUT2D eigenvalue weighted by Crippen LogP contribution is -2.26. The van der Waals surface area contributed by atoms with Crippen molar-refractivity contribution >= 4 is 23.2 Å².